The number of nitriles is 1. The summed E-state index contributed by atoms with van der Waals surface area (Å²) in [6, 6.07) is 1.99. The van der Waals surface area contributed by atoms with E-state index in [1.54, 1.807) is 0 Å². The van der Waals surface area contributed by atoms with Crippen LogP contribution in [0.5, 0.6) is 0 Å². The predicted octanol–water partition coefficient (Wildman–Crippen LogP) is 1.91. The minimum atomic E-state index is -4.69. The molecule has 4 nitrogen and oxygen atoms in total. The maximum absolute atomic E-state index is 12.5. The van der Waals surface area contributed by atoms with Gasteiger partial charge in [-0.25, -0.2) is 13.4 Å². The molecule has 0 N–H and O–H groups in total. The quantitative estimate of drug-likeness (QED) is 0.827. The number of hydrogen-bond acceptors (Lipinski definition) is 4. The van der Waals surface area contributed by atoms with Gasteiger partial charge in [0.1, 0.15) is 11.0 Å². The molecule has 0 radical (unpaired) electrons. The monoisotopic (exact) mass is 276 g/mol. The van der Waals surface area contributed by atoms with Crippen molar-refractivity contribution in [3.05, 3.63) is 23.5 Å². The van der Waals surface area contributed by atoms with Gasteiger partial charge in [-0.05, 0) is 18.9 Å². The Labute approximate surface area is 101 Å². The van der Waals surface area contributed by atoms with Crippen LogP contribution in [-0.2, 0) is 16.0 Å². The SMILES string of the molecule is N#Cc1ncc(C(F)(F)F)cc1S(=O)(=O)C1CC1. The zero-order chi connectivity index (χ0) is 13.6. The Kier molecular flexibility index (Phi) is 2.81. The minimum Gasteiger partial charge on any atom is -0.244 e. The smallest absolute Gasteiger partial charge is 0.244 e. The van der Waals surface area contributed by atoms with Crippen LogP contribution in [0.1, 0.15) is 24.1 Å². The number of halogens is 3. The second kappa shape index (κ2) is 3.95. The molecular weight excluding hydrogens is 269 g/mol. The van der Waals surface area contributed by atoms with Crippen molar-refractivity contribution in [2.24, 2.45) is 0 Å². The molecule has 0 saturated heterocycles. The molecule has 96 valence electrons. The molecule has 8 heteroatoms. The predicted molar refractivity (Wildman–Crippen MR) is 54.2 cm³/mol. The van der Waals surface area contributed by atoms with E-state index in [9.17, 15) is 21.6 Å². The lowest BCUT2D eigenvalue weighted by molar-refractivity contribution is -0.138. The van der Waals surface area contributed by atoms with Gasteiger partial charge in [0.25, 0.3) is 0 Å². The summed E-state index contributed by atoms with van der Waals surface area (Å²) in [4.78, 5) is 2.66. The Morgan fingerprint density at radius 1 is 1.39 bits per heavy atom. The van der Waals surface area contributed by atoms with Gasteiger partial charge < -0.3 is 0 Å². The highest BCUT2D eigenvalue weighted by Crippen LogP contribution is 2.37. The zero-order valence-electron chi connectivity index (χ0n) is 8.90. The lowest BCUT2D eigenvalue weighted by Crippen LogP contribution is -2.14. The highest BCUT2D eigenvalue weighted by atomic mass is 32.2. The topological polar surface area (TPSA) is 70.8 Å². The van der Waals surface area contributed by atoms with Crippen molar-refractivity contribution in [2.75, 3.05) is 0 Å². The maximum Gasteiger partial charge on any atom is 0.417 e. The van der Waals surface area contributed by atoms with Crippen molar-refractivity contribution in [2.45, 2.75) is 29.2 Å². The van der Waals surface area contributed by atoms with E-state index in [0.29, 0.717) is 25.1 Å². The van der Waals surface area contributed by atoms with Gasteiger partial charge in [-0.2, -0.15) is 18.4 Å². The summed E-state index contributed by atoms with van der Waals surface area (Å²) in [6.45, 7) is 0. The second-order valence-electron chi connectivity index (χ2n) is 3.92. The second-order valence-corrected chi connectivity index (χ2v) is 6.12. The Hall–Kier alpha value is -1.62. The molecule has 1 heterocycles. The molecule has 1 aromatic rings. The number of sulfone groups is 1. The molecule has 1 aromatic heterocycles. The number of rotatable bonds is 2. The van der Waals surface area contributed by atoms with Crippen molar-refractivity contribution >= 4 is 9.84 Å². The van der Waals surface area contributed by atoms with E-state index < -0.39 is 37.4 Å². The van der Waals surface area contributed by atoms with Crippen molar-refractivity contribution < 1.29 is 21.6 Å². The molecule has 1 aliphatic rings. The highest BCUT2D eigenvalue weighted by molar-refractivity contribution is 7.92. The lowest BCUT2D eigenvalue weighted by atomic mass is 10.2. The Morgan fingerprint density at radius 3 is 2.44 bits per heavy atom. The van der Waals surface area contributed by atoms with Gasteiger partial charge in [0.15, 0.2) is 15.5 Å². The van der Waals surface area contributed by atoms with Crippen LogP contribution in [0, 0.1) is 11.3 Å². The normalized spacial score (nSPS) is 16.3. The number of aromatic nitrogens is 1. The van der Waals surface area contributed by atoms with E-state index in [0.717, 1.165) is 0 Å². The van der Waals surface area contributed by atoms with Crippen LogP contribution in [0.3, 0.4) is 0 Å². The first kappa shape index (κ1) is 12.8. The molecule has 0 unspecified atom stereocenters. The standard InChI is InChI=1S/C10H7F3N2O2S/c11-10(12,13)6-3-9(8(4-14)15-5-6)18(16,17)7-1-2-7/h3,5,7H,1-2H2. The summed E-state index contributed by atoms with van der Waals surface area (Å²) in [5.74, 6) is 0. The van der Waals surface area contributed by atoms with Crippen LogP contribution < -0.4 is 0 Å². The molecule has 0 bridgehead atoms. The third-order valence-electron chi connectivity index (χ3n) is 2.56. The number of hydrogen-bond donors (Lipinski definition) is 0. The summed E-state index contributed by atoms with van der Waals surface area (Å²) in [5, 5.41) is 8.03. The summed E-state index contributed by atoms with van der Waals surface area (Å²) in [7, 11) is -3.88. The van der Waals surface area contributed by atoms with Gasteiger partial charge in [-0.1, -0.05) is 0 Å². The van der Waals surface area contributed by atoms with E-state index in [2.05, 4.69) is 4.98 Å². The molecular formula is C10H7F3N2O2S. The van der Waals surface area contributed by atoms with Crippen LogP contribution >= 0.6 is 0 Å². The fourth-order valence-electron chi connectivity index (χ4n) is 1.46. The lowest BCUT2D eigenvalue weighted by Gasteiger charge is -2.09. The van der Waals surface area contributed by atoms with Gasteiger partial charge in [0, 0.05) is 6.20 Å². The van der Waals surface area contributed by atoms with Gasteiger partial charge in [0.2, 0.25) is 0 Å². The Balaban J connectivity index is 2.61. The number of nitrogens with zero attached hydrogens (tertiary/aromatic N) is 2. The fraction of sp³-hybridized carbons (Fsp3) is 0.400. The highest BCUT2D eigenvalue weighted by Gasteiger charge is 2.40. The summed E-state index contributed by atoms with van der Waals surface area (Å²) < 4.78 is 61.3. The molecule has 0 atom stereocenters. The molecule has 1 aliphatic carbocycles. The third-order valence-corrected chi connectivity index (χ3v) is 4.83. The van der Waals surface area contributed by atoms with Crippen molar-refractivity contribution in [1.82, 2.24) is 4.98 Å². The zero-order valence-corrected chi connectivity index (χ0v) is 9.72. The van der Waals surface area contributed by atoms with Gasteiger partial charge in [-0.3, -0.25) is 0 Å². The van der Waals surface area contributed by atoms with Crippen molar-refractivity contribution in [3.8, 4) is 6.07 Å². The molecule has 0 amide bonds. The summed E-state index contributed by atoms with van der Waals surface area (Å²) in [6.07, 6.45) is -3.41. The van der Waals surface area contributed by atoms with Crippen LogP contribution in [0.2, 0.25) is 0 Å². The van der Waals surface area contributed by atoms with Crippen molar-refractivity contribution in [3.63, 3.8) is 0 Å². The van der Waals surface area contributed by atoms with Gasteiger partial charge >= 0.3 is 6.18 Å². The van der Waals surface area contributed by atoms with Crippen LogP contribution in [0.4, 0.5) is 13.2 Å². The van der Waals surface area contributed by atoms with E-state index in [-0.39, 0.29) is 0 Å². The van der Waals surface area contributed by atoms with E-state index >= 15 is 0 Å². The largest absolute Gasteiger partial charge is 0.417 e. The molecule has 0 aliphatic heterocycles. The average molecular weight is 276 g/mol. The number of alkyl halides is 3. The van der Waals surface area contributed by atoms with Crippen LogP contribution in [0.25, 0.3) is 0 Å². The average Bonchev–Trinajstić information content (AvgIpc) is 3.10. The minimum absolute atomic E-state index is 0.406. The third kappa shape index (κ3) is 2.18. The summed E-state index contributed by atoms with van der Waals surface area (Å²) >= 11 is 0. The summed E-state index contributed by atoms with van der Waals surface area (Å²) in [5.41, 5.74) is -1.66. The van der Waals surface area contributed by atoms with E-state index in [1.165, 1.54) is 6.07 Å². The molecule has 0 aromatic carbocycles. The fourth-order valence-corrected chi connectivity index (χ4v) is 3.23. The first-order chi connectivity index (χ1) is 8.26. The molecule has 1 fully saturated rings. The number of pyridine rings is 1. The van der Waals surface area contributed by atoms with Gasteiger partial charge in [0.05, 0.1) is 10.8 Å². The molecule has 0 spiro atoms. The van der Waals surface area contributed by atoms with E-state index in [4.69, 9.17) is 5.26 Å². The van der Waals surface area contributed by atoms with Gasteiger partial charge in [-0.15, -0.1) is 0 Å². The van der Waals surface area contributed by atoms with Crippen LogP contribution in [-0.4, -0.2) is 18.7 Å². The molecule has 1 saturated carbocycles. The molecule has 2 rings (SSSR count). The van der Waals surface area contributed by atoms with Crippen LogP contribution in [0.15, 0.2) is 17.2 Å². The van der Waals surface area contributed by atoms with Crippen molar-refractivity contribution in [1.29, 1.82) is 5.26 Å². The first-order valence-electron chi connectivity index (χ1n) is 4.98. The Morgan fingerprint density at radius 2 is 2.00 bits per heavy atom. The van der Waals surface area contributed by atoms with E-state index in [1.807, 2.05) is 0 Å². The molecule has 18 heavy (non-hydrogen) atoms. The maximum atomic E-state index is 12.5. The first-order valence-corrected chi connectivity index (χ1v) is 6.52. The Bertz CT molecular complexity index is 628.